The summed E-state index contributed by atoms with van der Waals surface area (Å²) in [6.45, 7) is 2.56. The second-order valence-electron chi connectivity index (χ2n) is 7.12. The molecule has 1 aromatic carbocycles. The molecule has 0 aliphatic heterocycles. The van der Waals surface area contributed by atoms with Crippen molar-refractivity contribution in [1.29, 1.82) is 0 Å². The third-order valence-corrected chi connectivity index (χ3v) is 5.07. The molecule has 8 heteroatoms. The number of carbonyl (C=O) groups excluding carboxylic acids is 1. The van der Waals surface area contributed by atoms with E-state index in [0.717, 1.165) is 30.0 Å². The van der Waals surface area contributed by atoms with E-state index in [-0.39, 0.29) is 12.3 Å². The second kappa shape index (κ2) is 8.89. The zero-order chi connectivity index (χ0) is 20.1. The number of aryl methyl sites for hydroxylation is 1. The smallest absolute Gasteiger partial charge is 0.227 e. The first-order chi connectivity index (χ1) is 14.2. The summed E-state index contributed by atoms with van der Waals surface area (Å²) < 4.78 is 12.7. The van der Waals surface area contributed by atoms with Gasteiger partial charge in [0.2, 0.25) is 17.6 Å². The lowest BCUT2D eigenvalue weighted by Gasteiger charge is -2.14. The fourth-order valence-corrected chi connectivity index (χ4v) is 3.62. The van der Waals surface area contributed by atoms with E-state index in [9.17, 15) is 4.79 Å². The van der Waals surface area contributed by atoms with E-state index in [4.69, 9.17) is 9.26 Å². The maximum atomic E-state index is 12.4. The molecule has 0 spiro atoms. The van der Waals surface area contributed by atoms with Gasteiger partial charge >= 0.3 is 0 Å². The molecule has 0 unspecified atom stereocenters. The number of ether oxygens (including phenoxy) is 1. The molecule has 0 radical (unpaired) electrons. The average molecular weight is 395 g/mol. The number of rotatable bonds is 8. The quantitative estimate of drug-likeness (QED) is 0.619. The predicted octanol–water partition coefficient (Wildman–Crippen LogP) is 4.02. The molecule has 8 nitrogen and oxygen atoms in total. The van der Waals surface area contributed by atoms with Crippen molar-refractivity contribution < 1.29 is 14.1 Å². The maximum absolute atomic E-state index is 12.4. The van der Waals surface area contributed by atoms with E-state index in [1.807, 2.05) is 41.9 Å². The summed E-state index contributed by atoms with van der Waals surface area (Å²) >= 11 is 0. The number of anilines is 1. The monoisotopic (exact) mass is 395 g/mol. The van der Waals surface area contributed by atoms with Crippen molar-refractivity contribution >= 4 is 11.7 Å². The van der Waals surface area contributed by atoms with Crippen molar-refractivity contribution in [2.75, 3.05) is 11.9 Å². The molecule has 29 heavy (non-hydrogen) atoms. The number of carbonyl (C=O) groups is 1. The molecule has 1 saturated carbocycles. The molecule has 1 aliphatic rings. The van der Waals surface area contributed by atoms with Crippen molar-refractivity contribution in [3.63, 3.8) is 0 Å². The van der Waals surface area contributed by atoms with E-state index < -0.39 is 0 Å². The van der Waals surface area contributed by atoms with Crippen LogP contribution in [0.1, 0.15) is 51.0 Å². The van der Waals surface area contributed by atoms with Crippen LogP contribution in [0.3, 0.4) is 0 Å². The Balaban J connectivity index is 1.32. The zero-order valence-corrected chi connectivity index (χ0v) is 16.5. The molecule has 3 aromatic rings. The molecule has 0 bridgehead atoms. The SMILES string of the molecule is CCOc1ccc(-c2noc(CCC(=O)Nc3ccnn3C3CCCC3)n2)cc1. The Morgan fingerprint density at radius 1 is 1.24 bits per heavy atom. The lowest BCUT2D eigenvalue weighted by molar-refractivity contribution is -0.116. The van der Waals surface area contributed by atoms with Gasteiger partial charge in [-0.25, -0.2) is 4.68 Å². The van der Waals surface area contributed by atoms with Gasteiger partial charge in [-0.05, 0) is 44.0 Å². The Labute approximate surface area is 169 Å². The number of aromatic nitrogens is 4. The van der Waals surface area contributed by atoms with Crippen LogP contribution in [0.25, 0.3) is 11.4 Å². The van der Waals surface area contributed by atoms with Crippen LogP contribution >= 0.6 is 0 Å². The molecular weight excluding hydrogens is 370 g/mol. The highest BCUT2D eigenvalue weighted by Gasteiger charge is 2.20. The molecule has 1 fully saturated rings. The highest BCUT2D eigenvalue weighted by atomic mass is 16.5. The van der Waals surface area contributed by atoms with Gasteiger partial charge < -0.3 is 14.6 Å². The minimum Gasteiger partial charge on any atom is -0.494 e. The largest absolute Gasteiger partial charge is 0.494 e. The normalized spacial score (nSPS) is 14.2. The van der Waals surface area contributed by atoms with Crippen LogP contribution in [0, 0.1) is 0 Å². The van der Waals surface area contributed by atoms with Crippen LogP contribution in [0.2, 0.25) is 0 Å². The highest BCUT2D eigenvalue weighted by Crippen LogP contribution is 2.31. The minimum absolute atomic E-state index is 0.0921. The van der Waals surface area contributed by atoms with Gasteiger partial charge in [0, 0.05) is 24.5 Å². The lowest BCUT2D eigenvalue weighted by Crippen LogP contribution is -2.18. The van der Waals surface area contributed by atoms with Gasteiger partial charge in [0.25, 0.3) is 0 Å². The van der Waals surface area contributed by atoms with E-state index in [1.165, 1.54) is 12.8 Å². The second-order valence-corrected chi connectivity index (χ2v) is 7.12. The lowest BCUT2D eigenvalue weighted by atomic mass is 10.2. The van der Waals surface area contributed by atoms with Crippen molar-refractivity contribution in [3.05, 3.63) is 42.4 Å². The first-order valence-corrected chi connectivity index (χ1v) is 10.1. The molecule has 1 aliphatic carbocycles. The molecular formula is C21H25N5O3. The van der Waals surface area contributed by atoms with Crippen LogP contribution in [0.5, 0.6) is 5.75 Å². The summed E-state index contributed by atoms with van der Waals surface area (Å²) in [5.41, 5.74) is 0.841. The van der Waals surface area contributed by atoms with Crippen LogP contribution in [-0.4, -0.2) is 32.4 Å². The molecule has 1 amide bonds. The van der Waals surface area contributed by atoms with Crippen LogP contribution < -0.4 is 10.1 Å². The summed E-state index contributed by atoms with van der Waals surface area (Å²) in [7, 11) is 0. The molecule has 0 saturated heterocycles. The summed E-state index contributed by atoms with van der Waals surface area (Å²) in [6, 6.07) is 9.74. The first kappa shape index (κ1) is 19.2. The van der Waals surface area contributed by atoms with Gasteiger partial charge in [0.1, 0.15) is 11.6 Å². The fraction of sp³-hybridized carbons (Fsp3) is 0.429. The first-order valence-electron chi connectivity index (χ1n) is 10.1. The molecule has 4 rings (SSSR count). The van der Waals surface area contributed by atoms with Gasteiger partial charge in [0.15, 0.2) is 0 Å². The predicted molar refractivity (Wildman–Crippen MR) is 108 cm³/mol. The number of hydrogen-bond acceptors (Lipinski definition) is 6. The molecule has 0 atom stereocenters. The third kappa shape index (κ3) is 4.64. The zero-order valence-electron chi connectivity index (χ0n) is 16.5. The number of benzene rings is 1. The van der Waals surface area contributed by atoms with Crippen LogP contribution in [0.4, 0.5) is 5.82 Å². The van der Waals surface area contributed by atoms with Gasteiger partial charge in [-0.1, -0.05) is 18.0 Å². The molecule has 152 valence electrons. The molecule has 2 aromatic heterocycles. The summed E-state index contributed by atoms with van der Waals surface area (Å²) in [4.78, 5) is 16.8. The standard InChI is InChI=1S/C21H25N5O3/c1-2-28-17-9-7-15(8-10-17)21-24-20(29-25-21)12-11-19(27)23-18-13-14-22-26(18)16-5-3-4-6-16/h7-10,13-14,16H,2-6,11-12H2,1H3,(H,23,27). The Morgan fingerprint density at radius 3 is 2.79 bits per heavy atom. The number of hydrogen-bond donors (Lipinski definition) is 1. The molecule has 1 N–H and O–H groups in total. The van der Waals surface area contributed by atoms with Crippen molar-refractivity contribution in [2.45, 2.75) is 51.5 Å². The van der Waals surface area contributed by atoms with E-state index in [0.29, 0.717) is 30.8 Å². The van der Waals surface area contributed by atoms with Crippen molar-refractivity contribution in [3.8, 4) is 17.1 Å². The Hall–Kier alpha value is -3.16. The number of amides is 1. The highest BCUT2D eigenvalue weighted by molar-refractivity contribution is 5.89. The molecule has 2 heterocycles. The number of nitrogens with zero attached hydrogens (tertiary/aromatic N) is 4. The van der Waals surface area contributed by atoms with Crippen molar-refractivity contribution in [2.24, 2.45) is 0 Å². The van der Waals surface area contributed by atoms with E-state index in [1.54, 1.807) is 6.20 Å². The summed E-state index contributed by atoms with van der Waals surface area (Å²) in [5.74, 6) is 2.40. The fourth-order valence-electron chi connectivity index (χ4n) is 3.62. The Bertz CT molecular complexity index is 941. The minimum atomic E-state index is -0.0921. The van der Waals surface area contributed by atoms with Gasteiger partial charge in [0.05, 0.1) is 18.8 Å². The van der Waals surface area contributed by atoms with Gasteiger partial charge in [-0.15, -0.1) is 0 Å². The summed E-state index contributed by atoms with van der Waals surface area (Å²) in [5, 5.41) is 11.3. The van der Waals surface area contributed by atoms with Gasteiger partial charge in [-0.3, -0.25) is 4.79 Å². The number of nitrogens with one attached hydrogen (secondary N) is 1. The maximum Gasteiger partial charge on any atom is 0.227 e. The van der Waals surface area contributed by atoms with E-state index in [2.05, 4.69) is 20.6 Å². The van der Waals surface area contributed by atoms with E-state index >= 15 is 0 Å². The Kier molecular flexibility index (Phi) is 5.88. The third-order valence-electron chi connectivity index (χ3n) is 5.07. The van der Waals surface area contributed by atoms with Crippen LogP contribution in [0.15, 0.2) is 41.1 Å². The topological polar surface area (TPSA) is 95.1 Å². The van der Waals surface area contributed by atoms with Gasteiger partial charge in [-0.2, -0.15) is 10.1 Å². The average Bonchev–Trinajstić information content (AvgIpc) is 3.49. The van der Waals surface area contributed by atoms with Crippen molar-refractivity contribution in [1.82, 2.24) is 19.9 Å². The Morgan fingerprint density at radius 2 is 2.03 bits per heavy atom. The van der Waals surface area contributed by atoms with Crippen LogP contribution in [-0.2, 0) is 11.2 Å². The summed E-state index contributed by atoms with van der Waals surface area (Å²) in [6.07, 6.45) is 7.03.